The molecule has 0 saturated heterocycles. The molecule has 0 bridgehead atoms. The Morgan fingerprint density at radius 1 is 1.44 bits per heavy atom. The van der Waals surface area contributed by atoms with Crippen molar-refractivity contribution in [2.24, 2.45) is 0 Å². The summed E-state index contributed by atoms with van der Waals surface area (Å²) in [6.07, 6.45) is 0. The predicted molar refractivity (Wildman–Crippen MR) is 72.0 cm³/mol. The molecule has 1 aromatic carbocycles. The largest absolute Gasteiger partial charge is 0.467 e. The molecule has 0 spiro atoms. The molecule has 0 aliphatic carbocycles. The molecule has 1 unspecified atom stereocenters. The number of para-hydroxylation sites is 1. The number of anilines is 1. The van der Waals surface area contributed by atoms with Crippen LogP contribution >= 0.6 is 11.6 Å². The van der Waals surface area contributed by atoms with E-state index in [0.29, 0.717) is 17.3 Å². The smallest absolute Gasteiger partial charge is 0.333 e. The zero-order valence-electron chi connectivity index (χ0n) is 10.8. The maximum Gasteiger partial charge on any atom is 0.333 e. The van der Waals surface area contributed by atoms with Gasteiger partial charge in [-0.2, -0.15) is 0 Å². The number of benzene rings is 1. The van der Waals surface area contributed by atoms with E-state index in [1.54, 1.807) is 19.1 Å². The van der Waals surface area contributed by atoms with Gasteiger partial charge in [-0.25, -0.2) is 4.79 Å². The van der Waals surface area contributed by atoms with Gasteiger partial charge >= 0.3 is 5.97 Å². The molecule has 0 aromatic heterocycles. The average Bonchev–Trinajstić information content (AvgIpc) is 2.38. The van der Waals surface area contributed by atoms with Crippen LogP contribution in [0.25, 0.3) is 0 Å². The molecule has 0 radical (unpaired) electrons. The molecule has 1 atom stereocenters. The summed E-state index contributed by atoms with van der Waals surface area (Å²) in [5, 5.41) is 3.62. The highest BCUT2D eigenvalue weighted by molar-refractivity contribution is 6.33. The number of carbonyl (C=O) groups is 1. The van der Waals surface area contributed by atoms with E-state index in [2.05, 4.69) is 5.32 Å². The van der Waals surface area contributed by atoms with Gasteiger partial charge in [0.15, 0.2) is 5.54 Å². The number of hydrogen-bond acceptors (Lipinski definition) is 4. The van der Waals surface area contributed by atoms with E-state index in [1.807, 2.05) is 19.1 Å². The maximum atomic E-state index is 11.8. The van der Waals surface area contributed by atoms with Crippen LogP contribution < -0.4 is 5.32 Å². The summed E-state index contributed by atoms with van der Waals surface area (Å²) in [6.45, 7) is 4.32. The first-order chi connectivity index (χ1) is 8.53. The lowest BCUT2D eigenvalue weighted by atomic mass is 10.0. The van der Waals surface area contributed by atoms with E-state index >= 15 is 0 Å². The van der Waals surface area contributed by atoms with Crippen LogP contribution in [-0.4, -0.2) is 31.8 Å². The lowest BCUT2D eigenvalue weighted by molar-refractivity contribution is -0.147. The van der Waals surface area contributed by atoms with Crippen LogP contribution in [-0.2, 0) is 14.3 Å². The summed E-state index contributed by atoms with van der Waals surface area (Å²) < 4.78 is 10.1. The van der Waals surface area contributed by atoms with Crippen LogP contribution in [0, 0.1) is 0 Å². The summed E-state index contributed by atoms with van der Waals surface area (Å²) in [7, 11) is 1.35. The fraction of sp³-hybridized carbons (Fsp3) is 0.462. The van der Waals surface area contributed by atoms with Gasteiger partial charge in [0.25, 0.3) is 0 Å². The van der Waals surface area contributed by atoms with Crippen LogP contribution in [0.3, 0.4) is 0 Å². The summed E-state index contributed by atoms with van der Waals surface area (Å²) >= 11 is 6.06. The van der Waals surface area contributed by atoms with Gasteiger partial charge in [-0.05, 0) is 26.0 Å². The third-order valence-corrected chi connectivity index (χ3v) is 2.84. The second kappa shape index (κ2) is 6.61. The van der Waals surface area contributed by atoms with E-state index in [1.165, 1.54) is 7.11 Å². The Balaban J connectivity index is 2.91. The van der Waals surface area contributed by atoms with Gasteiger partial charge in [-0.3, -0.25) is 0 Å². The monoisotopic (exact) mass is 271 g/mol. The Morgan fingerprint density at radius 3 is 2.67 bits per heavy atom. The zero-order chi connectivity index (χ0) is 13.6. The number of nitrogens with one attached hydrogen (secondary N) is 1. The van der Waals surface area contributed by atoms with Gasteiger partial charge < -0.3 is 14.8 Å². The molecule has 0 saturated carbocycles. The maximum absolute atomic E-state index is 11.8. The van der Waals surface area contributed by atoms with E-state index in [9.17, 15) is 4.79 Å². The van der Waals surface area contributed by atoms with Gasteiger partial charge in [0.05, 0.1) is 24.4 Å². The van der Waals surface area contributed by atoms with Crippen LogP contribution in [0.15, 0.2) is 24.3 Å². The molecule has 0 fully saturated rings. The molecule has 5 heteroatoms. The molecule has 18 heavy (non-hydrogen) atoms. The lowest BCUT2D eigenvalue weighted by Crippen LogP contribution is -2.48. The van der Waals surface area contributed by atoms with Gasteiger partial charge in [0.2, 0.25) is 0 Å². The van der Waals surface area contributed by atoms with Crippen molar-refractivity contribution in [3.63, 3.8) is 0 Å². The predicted octanol–water partition coefficient (Wildman–Crippen LogP) is 2.72. The first-order valence-corrected chi connectivity index (χ1v) is 6.10. The van der Waals surface area contributed by atoms with E-state index in [4.69, 9.17) is 21.1 Å². The summed E-state index contributed by atoms with van der Waals surface area (Å²) in [5.41, 5.74) is -0.290. The number of rotatable bonds is 6. The average molecular weight is 272 g/mol. The van der Waals surface area contributed by atoms with Crippen molar-refractivity contribution in [3.8, 4) is 0 Å². The van der Waals surface area contributed by atoms with Crippen LogP contribution in [0.4, 0.5) is 5.69 Å². The standard InChI is InChI=1S/C13H18ClNO3/c1-4-18-9-13(2,12(16)17-3)15-11-8-6-5-7-10(11)14/h5-8,15H,4,9H2,1-3H3. The third kappa shape index (κ3) is 3.62. The summed E-state index contributed by atoms with van der Waals surface area (Å²) in [6, 6.07) is 7.22. The lowest BCUT2D eigenvalue weighted by Gasteiger charge is -2.29. The normalized spacial score (nSPS) is 13.8. The minimum absolute atomic E-state index is 0.210. The minimum atomic E-state index is -0.963. The second-order valence-electron chi connectivity index (χ2n) is 4.07. The van der Waals surface area contributed by atoms with Crippen molar-refractivity contribution < 1.29 is 14.3 Å². The van der Waals surface area contributed by atoms with Crippen molar-refractivity contribution >= 4 is 23.3 Å². The number of methoxy groups -OCH3 is 1. The number of esters is 1. The number of carbonyl (C=O) groups excluding carboxylic acids is 1. The van der Waals surface area contributed by atoms with Crippen molar-refractivity contribution in [2.75, 3.05) is 25.6 Å². The molecule has 1 N–H and O–H groups in total. The van der Waals surface area contributed by atoms with Gasteiger partial charge in [0, 0.05) is 6.61 Å². The third-order valence-electron chi connectivity index (χ3n) is 2.52. The van der Waals surface area contributed by atoms with Crippen molar-refractivity contribution in [3.05, 3.63) is 29.3 Å². The molecule has 0 heterocycles. The highest BCUT2D eigenvalue weighted by Crippen LogP contribution is 2.25. The molecule has 0 aliphatic heterocycles. The fourth-order valence-electron chi connectivity index (χ4n) is 1.54. The summed E-state index contributed by atoms with van der Waals surface area (Å²) in [5.74, 6) is -0.393. The van der Waals surface area contributed by atoms with Gasteiger partial charge in [0.1, 0.15) is 0 Å². The Labute approximate surface area is 112 Å². The Hall–Kier alpha value is -1.26. The molecular formula is C13H18ClNO3. The molecule has 0 aliphatic rings. The Morgan fingerprint density at radius 2 is 2.11 bits per heavy atom. The Kier molecular flexibility index (Phi) is 5.44. The van der Waals surface area contributed by atoms with Crippen molar-refractivity contribution in [2.45, 2.75) is 19.4 Å². The van der Waals surface area contributed by atoms with E-state index in [0.717, 1.165) is 0 Å². The molecule has 4 nitrogen and oxygen atoms in total. The minimum Gasteiger partial charge on any atom is -0.467 e. The van der Waals surface area contributed by atoms with Crippen molar-refractivity contribution in [1.29, 1.82) is 0 Å². The molecular weight excluding hydrogens is 254 g/mol. The second-order valence-corrected chi connectivity index (χ2v) is 4.47. The zero-order valence-corrected chi connectivity index (χ0v) is 11.6. The number of halogens is 1. The Bertz CT molecular complexity index is 411. The van der Waals surface area contributed by atoms with E-state index < -0.39 is 11.5 Å². The van der Waals surface area contributed by atoms with E-state index in [-0.39, 0.29) is 6.61 Å². The summed E-state index contributed by atoms with van der Waals surface area (Å²) in [4.78, 5) is 11.8. The number of hydrogen-bond donors (Lipinski definition) is 1. The van der Waals surface area contributed by atoms with Crippen LogP contribution in [0.5, 0.6) is 0 Å². The highest BCUT2D eigenvalue weighted by atomic mass is 35.5. The van der Waals surface area contributed by atoms with Gasteiger partial charge in [-0.1, -0.05) is 23.7 Å². The molecule has 1 aromatic rings. The molecule has 0 amide bonds. The molecule has 1 rings (SSSR count). The quantitative estimate of drug-likeness (QED) is 0.808. The topological polar surface area (TPSA) is 47.6 Å². The highest BCUT2D eigenvalue weighted by Gasteiger charge is 2.35. The van der Waals surface area contributed by atoms with Gasteiger partial charge in [-0.15, -0.1) is 0 Å². The number of ether oxygens (including phenoxy) is 2. The SMILES string of the molecule is CCOCC(C)(Nc1ccccc1Cl)C(=O)OC. The first kappa shape index (κ1) is 14.8. The van der Waals surface area contributed by atoms with Crippen LogP contribution in [0.2, 0.25) is 5.02 Å². The first-order valence-electron chi connectivity index (χ1n) is 5.72. The molecule has 100 valence electrons. The fourth-order valence-corrected chi connectivity index (χ4v) is 1.72. The van der Waals surface area contributed by atoms with Crippen LogP contribution in [0.1, 0.15) is 13.8 Å². The van der Waals surface area contributed by atoms with Crippen molar-refractivity contribution in [1.82, 2.24) is 0 Å².